The van der Waals surface area contributed by atoms with Crippen molar-refractivity contribution in [3.05, 3.63) is 86.5 Å². The molecule has 1 aliphatic rings. The van der Waals surface area contributed by atoms with Crippen LogP contribution in [0.5, 0.6) is 11.6 Å². The average Bonchev–Trinajstić information content (AvgIpc) is 2.75. The molecule has 2 heterocycles. The van der Waals surface area contributed by atoms with Crippen molar-refractivity contribution in [2.75, 3.05) is 0 Å². The lowest BCUT2D eigenvalue weighted by molar-refractivity contribution is 0.0949. The fraction of sp³-hybridized carbons (Fsp3) is 0.250. The normalized spacial score (nSPS) is 12.9. The van der Waals surface area contributed by atoms with Crippen LogP contribution in [0.1, 0.15) is 55.9 Å². The second-order valence-corrected chi connectivity index (χ2v) is 7.74. The van der Waals surface area contributed by atoms with Crippen molar-refractivity contribution in [2.45, 2.75) is 39.7 Å². The number of ketones is 1. The van der Waals surface area contributed by atoms with E-state index in [1.54, 1.807) is 18.3 Å². The number of aromatic nitrogens is 2. The smallest absolute Gasteiger partial charge is 0.261 e. The maximum Gasteiger partial charge on any atom is 0.261 e. The molecule has 0 spiro atoms. The van der Waals surface area contributed by atoms with Crippen LogP contribution in [-0.4, -0.2) is 21.7 Å². The second kappa shape index (κ2) is 8.55. The van der Waals surface area contributed by atoms with E-state index in [1.807, 2.05) is 32.0 Å². The minimum atomic E-state index is -0.530. The van der Waals surface area contributed by atoms with E-state index < -0.39 is 11.5 Å². The number of ether oxygens (including phenoxy) is 1. The predicted molar refractivity (Wildman–Crippen MR) is 116 cm³/mol. The second-order valence-electron chi connectivity index (χ2n) is 7.74. The number of amides is 1. The molecule has 2 aromatic heterocycles. The number of carbonyl (C=O) groups is 2. The van der Waals surface area contributed by atoms with E-state index in [1.165, 1.54) is 6.07 Å². The number of Topliss-reactive ketones (excluding diaryl/α,β-unsaturated/α-hetero) is 1. The summed E-state index contributed by atoms with van der Waals surface area (Å²) in [5.74, 6) is 0.622. The number of H-pyrrole nitrogens is 1. The first kappa shape index (κ1) is 20.5. The van der Waals surface area contributed by atoms with Gasteiger partial charge in [-0.15, -0.1) is 0 Å². The summed E-state index contributed by atoms with van der Waals surface area (Å²) >= 11 is 0. The molecule has 0 saturated heterocycles. The van der Waals surface area contributed by atoms with Crippen LogP contribution in [0, 0.1) is 13.8 Å². The van der Waals surface area contributed by atoms with Crippen molar-refractivity contribution in [1.82, 2.24) is 15.3 Å². The highest BCUT2D eigenvalue weighted by Gasteiger charge is 2.22. The zero-order valence-corrected chi connectivity index (χ0v) is 17.5. The average molecular weight is 417 g/mol. The maximum atomic E-state index is 12.5. The van der Waals surface area contributed by atoms with Crippen molar-refractivity contribution in [3.63, 3.8) is 0 Å². The van der Waals surface area contributed by atoms with Crippen molar-refractivity contribution in [3.8, 4) is 11.6 Å². The predicted octanol–water partition coefficient (Wildman–Crippen LogP) is 3.63. The minimum absolute atomic E-state index is 0.0461. The molecule has 0 atom stereocenters. The SMILES string of the molecule is Cc1ccc(C)c(Oc2ccc(CNC(=O)c3cc4c([nH]c3=O)CCCC4=O)cn2)c1. The van der Waals surface area contributed by atoms with Crippen molar-refractivity contribution < 1.29 is 14.3 Å². The standard InChI is InChI=1S/C24H23N3O4/c1-14-6-7-15(2)21(10-14)31-22-9-8-16(12-25-22)13-26-23(29)18-11-17-19(27-24(18)30)4-3-5-20(17)28/h6-12H,3-5,13H2,1-2H3,(H,26,29)(H,27,30). The van der Waals surface area contributed by atoms with Gasteiger partial charge in [0, 0.05) is 36.5 Å². The Labute approximate surface area is 179 Å². The lowest BCUT2D eigenvalue weighted by atomic mass is 9.93. The summed E-state index contributed by atoms with van der Waals surface area (Å²) in [6.45, 7) is 4.16. The molecule has 2 N–H and O–H groups in total. The number of benzene rings is 1. The lowest BCUT2D eigenvalue weighted by Crippen LogP contribution is -2.31. The van der Waals surface area contributed by atoms with Gasteiger partial charge in [0.1, 0.15) is 11.3 Å². The van der Waals surface area contributed by atoms with Crippen LogP contribution < -0.4 is 15.6 Å². The molecule has 3 aromatic rings. The minimum Gasteiger partial charge on any atom is -0.439 e. The number of hydrogen-bond acceptors (Lipinski definition) is 5. The van der Waals surface area contributed by atoms with E-state index in [0.29, 0.717) is 36.4 Å². The van der Waals surface area contributed by atoms with Gasteiger partial charge in [0.25, 0.3) is 11.5 Å². The molecule has 0 radical (unpaired) electrons. The van der Waals surface area contributed by atoms with Crippen LogP contribution >= 0.6 is 0 Å². The number of pyridine rings is 2. The largest absolute Gasteiger partial charge is 0.439 e. The van der Waals surface area contributed by atoms with Gasteiger partial charge in [0.15, 0.2) is 5.78 Å². The van der Waals surface area contributed by atoms with Crippen molar-refractivity contribution >= 4 is 11.7 Å². The molecule has 4 rings (SSSR count). The summed E-state index contributed by atoms with van der Waals surface area (Å²) in [7, 11) is 0. The molecular weight excluding hydrogens is 394 g/mol. The third kappa shape index (κ3) is 4.55. The van der Waals surface area contributed by atoms with Gasteiger partial charge >= 0.3 is 0 Å². The van der Waals surface area contributed by atoms with E-state index in [9.17, 15) is 14.4 Å². The molecule has 0 unspecified atom stereocenters. The highest BCUT2D eigenvalue weighted by Crippen LogP contribution is 2.24. The van der Waals surface area contributed by atoms with Gasteiger partial charge in [-0.1, -0.05) is 18.2 Å². The van der Waals surface area contributed by atoms with Gasteiger partial charge in [0.05, 0.1) is 0 Å². The van der Waals surface area contributed by atoms with E-state index in [2.05, 4.69) is 15.3 Å². The Morgan fingerprint density at radius 1 is 1.13 bits per heavy atom. The number of rotatable bonds is 5. The zero-order chi connectivity index (χ0) is 22.0. The van der Waals surface area contributed by atoms with Crippen molar-refractivity contribution in [1.29, 1.82) is 0 Å². The van der Waals surface area contributed by atoms with Crippen LogP contribution in [-0.2, 0) is 13.0 Å². The Morgan fingerprint density at radius 2 is 1.97 bits per heavy atom. The summed E-state index contributed by atoms with van der Waals surface area (Å²) in [6.07, 6.45) is 3.40. The van der Waals surface area contributed by atoms with E-state index in [0.717, 1.165) is 22.4 Å². The van der Waals surface area contributed by atoms with Gasteiger partial charge in [-0.25, -0.2) is 4.98 Å². The summed E-state index contributed by atoms with van der Waals surface area (Å²) < 4.78 is 5.84. The third-order valence-electron chi connectivity index (χ3n) is 5.31. The zero-order valence-electron chi connectivity index (χ0n) is 17.5. The van der Waals surface area contributed by atoms with Gasteiger partial charge in [-0.2, -0.15) is 0 Å². The first-order valence-corrected chi connectivity index (χ1v) is 10.2. The molecule has 158 valence electrons. The first-order valence-electron chi connectivity index (χ1n) is 10.2. The van der Waals surface area contributed by atoms with Gasteiger partial charge in [0.2, 0.25) is 5.88 Å². The quantitative estimate of drug-likeness (QED) is 0.660. The lowest BCUT2D eigenvalue weighted by Gasteiger charge is -2.15. The Kier molecular flexibility index (Phi) is 5.66. The molecule has 0 saturated carbocycles. The van der Waals surface area contributed by atoms with Gasteiger partial charge < -0.3 is 15.0 Å². The topological polar surface area (TPSA) is 101 Å². The fourth-order valence-corrected chi connectivity index (χ4v) is 3.53. The van der Waals surface area contributed by atoms with E-state index in [-0.39, 0.29) is 17.9 Å². The van der Waals surface area contributed by atoms with Gasteiger partial charge in [-0.3, -0.25) is 14.4 Å². The number of carbonyl (C=O) groups excluding carboxylic acids is 2. The highest BCUT2D eigenvalue weighted by molar-refractivity contribution is 6.01. The monoisotopic (exact) mass is 417 g/mol. The van der Waals surface area contributed by atoms with Crippen LogP contribution in [0.4, 0.5) is 0 Å². The summed E-state index contributed by atoms with van der Waals surface area (Å²) in [5, 5.41) is 2.71. The molecule has 1 aromatic carbocycles. The third-order valence-corrected chi connectivity index (χ3v) is 5.31. The first-order chi connectivity index (χ1) is 14.9. The number of nitrogens with one attached hydrogen (secondary N) is 2. The molecule has 0 bridgehead atoms. The Bertz CT molecular complexity index is 1210. The fourth-order valence-electron chi connectivity index (χ4n) is 3.53. The number of aromatic amines is 1. The molecule has 0 fully saturated rings. The highest BCUT2D eigenvalue weighted by atomic mass is 16.5. The van der Waals surface area contributed by atoms with Gasteiger partial charge in [-0.05, 0) is 55.5 Å². The number of nitrogens with zero attached hydrogens (tertiary/aromatic N) is 1. The summed E-state index contributed by atoms with van der Waals surface area (Å²) in [4.78, 5) is 43.8. The van der Waals surface area contributed by atoms with Crippen molar-refractivity contribution in [2.24, 2.45) is 0 Å². The van der Waals surface area contributed by atoms with E-state index in [4.69, 9.17) is 4.74 Å². The molecular formula is C24H23N3O4. The van der Waals surface area contributed by atoms with Crippen LogP contribution in [0.3, 0.4) is 0 Å². The molecule has 31 heavy (non-hydrogen) atoms. The van der Waals surface area contributed by atoms with E-state index >= 15 is 0 Å². The molecule has 0 aliphatic heterocycles. The maximum absolute atomic E-state index is 12.5. The number of aryl methyl sites for hydroxylation is 3. The number of hydrogen-bond donors (Lipinski definition) is 2. The molecule has 1 aliphatic carbocycles. The Hall–Kier alpha value is -3.74. The van der Waals surface area contributed by atoms with Crippen LogP contribution in [0.25, 0.3) is 0 Å². The van der Waals surface area contributed by atoms with Crippen LogP contribution in [0.15, 0.2) is 47.4 Å². The number of fused-ring (bicyclic) bond motifs is 1. The Balaban J connectivity index is 1.42. The molecule has 1 amide bonds. The summed E-state index contributed by atoms with van der Waals surface area (Å²) in [5.41, 5.74) is 3.37. The molecule has 7 nitrogen and oxygen atoms in total. The summed E-state index contributed by atoms with van der Waals surface area (Å²) in [6, 6.07) is 10.9. The molecule has 7 heteroatoms. The van der Waals surface area contributed by atoms with Crippen LogP contribution in [0.2, 0.25) is 0 Å². The Morgan fingerprint density at radius 3 is 2.74 bits per heavy atom.